The van der Waals surface area contributed by atoms with E-state index in [4.69, 9.17) is 0 Å². The molecule has 1 aromatic rings. The largest absolute Gasteiger partial charge is 0.309 e. The van der Waals surface area contributed by atoms with Crippen LogP contribution in [0.3, 0.4) is 0 Å². The molecule has 0 fully saturated rings. The highest BCUT2D eigenvalue weighted by molar-refractivity contribution is 5.38. The van der Waals surface area contributed by atoms with E-state index in [1.165, 1.54) is 17.5 Å². The van der Waals surface area contributed by atoms with Gasteiger partial charge in [-0.15, -0.1) is 0 Å². The smallest absolute Gasteiger partial charge is 0.0346 e. The van der Waals surface area contributed by atoms with Crippen LogP contribution in [0.1, 0.15) is 36.6 Å². The van der Waals surface area contributed by atoms with Gasteiger partial charge in [-0.3, -0.25) is 0 Å². The number of aryl methyl sites for hydroxylation is 1. The van der Waals surface area contributed by atoms with E-state index in [0.29, 0.717) is 12.0 Å². The van der Waals surface area contributed by atoms with Gasteiger partial charge in [0.2, 0.25) is 0 Å². The van der Waals surface area contributed by atoms with Gasteiger partial charge in [0.1, 0.15) is 0 Å². The van der Waals surface area contributed by atoms with Gasteiger partial charge in [0, 0.05) is 6.04 Å². The van der Waals surface area contributed by atoms with Gasteiger partial charge in [0.15, 0.2) is 0 Å². The molecule has 1 aliphatic heterocycles. The van der Waals surface area contributed by atoms with Crippen LogP contribution in [0.5, 0.6) is 0 Å². The lowest BCUT2D eigenvalue weighted by molar-refractivity contribution is 0.394. The van der Waals surface area contributed by atoms with E-state index in [0.717, 1.165) is 6.54 Å². The van der Waals surface area contributed by atoms with Crippen molar-refractivity contribution in [2.45, 2.75) is 33.2 Å². The number of fused-ring (bicyclic) bond motifs is 1. The molecule has 0 bridgehead atoms. The molecule has 1 aliphatic rings. The number of hydrogen-bond donors (Lipinski definition) is 1. The third-order valence-electron chi connectivity index (χ3n) is 3.19. The highest BCUT2D eigenvalue weighted by atomic mass is 14.9. The summed E-state index contributed by atoms with van der Waals surface area (Å²) in [5.74, 6) is 0.677. The number of hydrogen-bond acceptors (Lipinski definition) is 1. The van der Waals surface area contributed by atoms with Gasteiger partial charge < -0.3 is 5.32 Å². The van der Waals surface area contributed by atoms with Gasteiger partial charge in [0.25, 0.3) is 0 Å². The standard InChI is InChI=1S/C13H19N/c1-9(2)13-12-6-4-5-10(3)11(12)7-8-14-13/h4-6,9,13-14H,7-8H2,1-3H3. The summed E-state index contributed by atoms with van der Waals surface area (Å²) in [7, 11) is 0. The molecule has 0 aliphatic carbocycles. The molecule has 2 rings (SSSR count). The van der Waals surface area contributed by atoms with Gasteiger partial charge >= 0.3 is 0 Å². The molecule has 1 atom stereocenters. The lowest BCUT2D eigenvalue weighted by Crippen LogP contribution is -2.33. The van der Waals surface area contributed by atoms with Gasteiger partial charge in [-0.25, -0.2) is 0 Å². The van der Waals surface area contributed by atoms with Crippen LogP contribution in [-0.2, 0) is 6.42 Å². The summed E-state index contributed by atoms with van der Waals surface area (Å²) in [6, 6.07) is 7.23. The lowest BCUT2D eigenvalue weighted by Gasteiger charge is -2.30. The molecule has 1 unspecified atom stereocenters. The maximum Gasteiger partial charge on any atom is 0.0346 e. The van der Waals surface area contributed by atoms with Gasteiger partial charge in [-0.1, -0.05) is 32.0 Å². The first-order valence-electron chi connectivity index (χ1n) is 5.52. The molecular formula is C13H19N. The van der Waals surface area contributed by atoms with Crippen molar-refractivity contribution < 1.29 is 0 Å². The van der Waals surface area contributed by atoms with Crippen LogP contribution in [0.15, 0.2) is 18.2 Å². The Bertz CT molecular complexity index is 328. The van der Waals surface area contributed by atoms with Crippen molar-refractivity contribution in [1.82, 2.24) is 5.32 Å². The zero-order valence-electron chi connectivity index (χ0n) is 9.30. The van der Waals surface area contributed by atoms with Crippen molar-refractivity contribution in [3.63, 3.8) is 0 Å². The third-order valence-corrected chi connectivity index (χ3v) is 3.19. The van der Waals surface area contributed by atoms with Crippen LogP contribution in [0.25, 0.3) is 0 Å². The first-order valence-corrected chi connectivity index (χ1v) is 5.52. The SMILES string of the molecule is Cc1cccc2c1CCNC2C(C)C. The fourth-order valence-electron chi connectivity index (χ4n) is 2.42. The minimum atomic E-state index is 0.554. The van der Waals surface area contributed by atoms with Crippen molar-refractivity contribution in [3.05, 3.63) is 34.9 Å². The van der Waals surface area contributed by atoms with Crippen LogP contribution in [0, 0.1) is 12.8 Å². The molecule has 1 N–H and O–H groups in total. The fraction of sp³-hybridized carbons (Fsp3) is 0.538. The summed E-state index contributed by atoms with van der Waals surface area (Å²) in [4.78, 5) is 0. The van der Waals surface area contributed by atoms with Gasteiger partial charge in [-0.2, -0.15) is 0 Å². The number of rotatable bonds is 1. The average Bonchev–Trinajstić information content (AvgIpc) is 2.17. The summed E-state index contributed by atoms with van der Waals surface area (Å²) in [5, 5.41) is 3.60. The Hall–Kier alpha value is -0.820. The Morgan fingerprint density at radius 1 is 1.36 bits per heavy atom. The zero-order valence-corrected chi connectivity index (χ0v) is 9.30. The van der Waals surface area contributed by atoms with Crippen molar-refractivity contribution in [2.24, 2.45) is 5.92 Å². The molecule has 0 saturated carbocycles. The van der Waals surface area contributed by atoms with Crippen LogP contribution < -0.4 is 5.32 Å². The molecule has 0 radical (unpaired) electrons. The molecule has 76 valence electrons. The molecular weight excluding hydrogens is 170 g/mol. The number of benzene rings is 1. The topological polar surface area (TPSA) is 12.0 Å². The molecule has 1 aromatic carbocycles. The van der Waals surface area contributed by atoms with Crippen molar-refractivity contribution in [1.29, 1.82) is 0 Å². The normalized spacial score (nSPS) is 21.0. The minimum absolute atomic E-state index is 0.554. The van der Waals surface area contributed by atoms with E-state index < -0.39 is 0 Å². The average molecular weight is 189 g/mol. The Kier molecular flexibility index (Phi) is 2.60. The van der Waals surface area contributed by atoms with Crippen molar-refractivity contribution in [3.8, 4) is 0 Å². The fourth-order valence-corrected chi connectivity index (χ4v) is 2.42. The van der Waals surface area contributed by atoms with E-state index in [9.17, 15) is 0 Å². The first-order chi connectivity index (χ1) is 6.70. The molecule has 1 nitrogen and oxygen atoms in total. The summed E-state index contributed by atoms with van der Waals surface area (Å²) >= 11 is 0. The quantitative estimate of drug-likeness (QED) is 0.716. The zero-order chi connectivity index (χ0) is 10.1. The molecule has 14 heavy (non-hydrogen) atoms. The van der Waals surface area contributed by atoms with Crippen LogP contribution in [0.4, 0.5) is 0 Å². The Morgan fingerprint density at radius 3 is 2.86 bits per heavy atom. The molecule has 0 aromatic heterocycles. The molecule has 0 spiro atoms. The molecule has 1 heterocycles. The molecule has 0 amide bonds. The van der Waals surface area contributed by atoms with E-state index in [1.807, 2.05) is 0 Å². The van der Waals surface area contributed by atoms with Crippen molar-refractivity contribution >= 4 is 0 Å². The Morgan fingerprint density at radius 2 is 2.14 bits per heavy atom. The lowest BCUT2D eigenvalue weighted by atomic mass is 9.86. The number of nitrogens with one attached hydrogen (secondary N) is 1. The van der Waals surface area contributed by atoms with Crippen molar-refractivity contribution in [2.75, 3.05) is 6.54 Å². The summed E-state index contributed by atoms with van der Waals surface area (Å²) in [5.41, 5.74) is 4.55. The second kappa shape index (κ2) is 3.74. The Labute approximate surface area is 86.5 Å². The third kappa shape index (κ3) is 1.57. The minimum Gasteiger partial charge on any atom is -0.309 e. The highest BCUT2D eigenvalue weighted by Crippen LogP contribution is 2.29. The van der Waals surface area contributed by atoms with E-state index >= 15 is 0 Å². The summed E-state index contributed by atoms with van der Waals surface area (Å²) in [6.07, 6.45) is 1.19. The first kappa shape index (κ1) is 9.72. The summed E-state index contributed by atoms with van der Waals surface area (Å²) < 4.78 is 0. The van der Waals surface area contributed by atoms with Gasteiger partial charge in [-0.05, 0) is 42.5 Å². The predicted molar refractivity (Wildman–Crippen MR) is 60.5 cm³/mol. The highest BCUT2D eigenvalue weighted by Gasteiger charge is 2.22. The summed E-state index contributed by atoms with van der Waals surface area (Å²) in [6.45, 7) is 7.92. The van der Waals surface area contributed by atoms with E-state index in [2.05, 4.69) is 44.3 Å². The maximum atomic E-state index is 3.60. The van der Waals surface area contributed by atoms with Crippen LogP contribution >= 0.6 is 0 Å². The second-order valence-electron chi connectivity index (χ2n) is 4.57. The van der Waals surface area contributed by atoms with Gasteiger partial charge in [0.05, 0.1) is 0 Å². The Balaban J connectivity index is 2.44. The molecule has 1 heteroatoms. The van der Waals surface area contributed by atoms with E-state index in [1.54, 1.807) is 5.56 Å². The van der Waals surface area contributed by atoms with Crippen LogP contribution in [0.2, 0.25) is 0 Å². The maximum absolute atomic E-state index is 3.60. The predicted octanol–water partition coefficient (Wildman–Crippen LogP) is 2.84. The second-order valence-corrected chi connectivity index (χ2v) is 4.57. The van der Waals surface area contributed by atoms with E-state index in [-0.39, 0.29) is 0 Å². The molecule has 0 saturated heterocycles. The van der Waals surface area contributed by atoms with Crippen LogP contribution in [-0.4, -0.2) is 6.54 Å². The monoisotopic (exact) mass is 189 g/mol.